The van der Waals surface area contributed by atoms with E-state index >= 15 is 0 Å². The topological polar surface area (TPSA) is 0 Å². The van der Waals surface area contributed by atoms with Gasteiger partial charge in [0.05, 0.1) is 0 Å². The van der Waals surface area contributed by atoms with Crippen LogP contribution in [0.1, 0.15) is 67.7 Å². The van der Waals surface area contributed by atoms with Crippen LogP contribution >= 0.6 is 0 Å². The Hall–Kier alpha value is -0.780. The van der Waals surface area contributed by atoms with Crippen molar-refractivity contribution in [2.75, 3.05) is 0 Å². The zero-order valence-electron chi connectivity index (χ0n) is 13.5. The van der Waals surface area contributed by atoms with E-state index in [0.29, 0.717) is 5.92 Å². The van der Waals surface area contributed by atoms with Gasteiger partial charge >= 0.3 is 0 Å². The fraction of sp³-hybridized carbons (Fsp3) is 0.667. The first kappa shape index (κ1) is 17.2. The van der Waals surface area contributed by atoms with Gasteiger partial charge in [-0.3, -0.25) is 0 Å². The summed E-state index contributed by atoms with van der Waals surface area (Å²) in [6.07, 6.45) is 12.5. The highest BCUT2D eigenvalue weighted by molar-refractivity contribution is 5.37. The van der Waals surface area contributed by atoms with Gasteiger partial charge in [-0.05, 0) is 41.7 Å². The van der Waals surface area contributed by atoms with Gasteiger partial charge in [-0.2, -0.15) is 0 Å². The largest absolute Gasteiger partial charge is 0.0845 e. The molecule has 0 heterocycles. The zero-order chi connectivity index (χ0) is 14.2. The molecule has 0 aliphatic heterocycles. The number of hydrogen-bond acceptors (Lipinski definition) is 0. The highest BCUT2D eigenvalue weighted by Gasteiger charge is 2.27. The van der Waals surface area contributed by atoms with Crippen molar-refractivity contribution in [1.29, 1.82) is 0 Å². The fourth-order valence-electron chi connectivity index (χ4n) is 1.94. The molecule has 0 atom stereocenters. The molecular weight excluding hydrogens is 216 g/mol. The van der Waals surface area contributed by atoms with Crippen molar-refractivity contribution >= 4 is 0 Å². The first-order valence-corrected chi connectivity index (χ1v) is 7.48. The van der Waals surface area contributed by atoms with Crippen LogP contribution in [0.2, 0.25) is 0 Å². The van der Waals surface area contributed by atoms with Gasteiger partial charge in [-0.1, -0.05) is 72.8 Å². The maximum Gasteiger partial charge on any atom is -0.00780 e. The lowest BCUT2D eigenvalue weighted by atomic mass is 9.72. The molecule has 0 spiro atoms. The summed E-state index contributed by atoms with van der Waals surface area (Å²) in [5.74, 6) is 0.644. The Bertz CT molecular complexity index is 311. The summed E-state index contributed by atoms with van der Waals surface area (Å²) in [5.41, 5.74) is 3.22. The molecule has 0 fully saturated rings. The Morgan fingerprint density at radius 2 is 1.44 bits per heavy atom. The molecule has 0 saturated heterocycles. The third-order valence-corrected chi connectivity index (χ3v) is 3.94. The van der Waals surface area contributed by atoms with E-state index in [-0.39, 0.29) is 5.41 Å². The van der Waals surface area contributed by atoms with Gasteiger partial charge < -0.3 is 0 Å². The summed E-state index contributed by atoms with van der Waals surface area (Å²) in [7, 11) is 0. The standard InChI is InChI=1S/C18H32/c1-8-11-13-16(10-3)17(14-12-9-2)18(6,7)15(4)5/h11-15H,8-10H2,1-7H3. The summed E-state index contributed by atoms with van der Waals surface area (Å²) in [5, 5.41) is 0. The van der Waals surface area contributed by atoms with Crippen LogP contribution in [-0.2, 0) is 0 Å². The Morgan fingerprint density at radius 1 is 0.944 bits per heavy atom. The molecule has 0 aromatic carbocycles. The Kier molecular flexibility index (Phi) is 7.98. The predicted octanol–water partition coefficient (Wildman–Crippen LogP) is 6.31. The summed E-state index contributed by atoms with van der Waals surface area (Å²) >= 11 is 0. The minimum absolute atomic E-state index is 0.231. The molecule has 0 nitrogen and oxygen atoms in total. The minimum atomic E-state index is 0.231. The molecule has 0 aromatic rings. The van der Waals surface area contributed by atoms with Crippen LogP contribution in [0.4, 0.5) is 0 Å². The second-order valence-electron chi connectivity index (χ2n) is 5.79. The van der Waals surface area contributed by atoms with Gasteiger partial charge in [0.1, 0.15) is 0 Å². The number of hydrogen-bond donors (Lipinski definition) is 0. The van der Waals surface area contributed by atoms with Gasteiger partial charge in [-0.25, -0.2) is 0 Å². The van der Waals surface area contributed by atoms with Crippen LogP contribution in [0, 0.1) is 11.3 Å². The molecule has 0 unspecified atom stereocenters. The number of allylic oxidation sites excluding steroid dienone is 6. The van der Waals surface area contributed by atoms with Crippen molar-refractivity contribution in [3.8, 4) is 0 Å². The summed E-state index contributed by atoms with van der Waals surface area (Å²) < 4.78 is 0. The summed E-state index contributed by atoms with van der Waals surface area (Å²) in [4.78, 5) is 0. The van der Waals surface area contributed by atoms with E-state index in [1.807, 2.05) is 0 Å². The lowest BCUT2D eigenvalue weighted by molar-refractivity contribution is 0.314. The lowest BCUT2D eigenvalue weighted by Crippen LogP contribution is -2.22. The van der Waals surface area contributed by atoms with Gasteiger partial charge in [0, 0.05) is 0 Å². The average molecular weight is 248 g/mol. The van der Waals surface area contributed by atoms with Gasteiger partial charge in [0.25, 0.3) is 0 Å². The molecule has 0 aliphatic carbocycles. The van der Waals surface area contributed by atoms with E-state index in [9.17, 15) is 0 Å². The quantitative estimate of drug-likeness (QED) is 0.463. The van der Waals surface area contributed by atoms with Crippen LogP contribution < -0.4 is 0 Å². The maximum absolute atomic E-state index is 2.36. The van der Waals surface area contributed by atoms with E-state index in [4.69, 9.17) is 0 Å². The summed E-state index contributed by atoms with van der Waals surface area (Å²) in [6, 6.07) is 0. The highest BCUT2D eigenvalue weighted by Crippen LogP contribution is 2.38. The normalized spacial score (nSPS) is 14.9. The molecule has 0 saturated carbocycles. The molecule has 0 N–H and O–H groups in total. The van der Waals surface area contributed by atoms with Crippen LogP contribution in [0.3, 0.4) is 0 Å². The monoisotopic (exact) mass is 248 g/mol. The van der Waals surface area contributed by atoms with Crippen LogP contribution in [0.5, 0.6) is 0 Å². The lowest BCUT2D eigenvalue weighted by Gasteiger charge is -2.33. The third-order valence-electron chi connectivity index (χ3n) is 3.94. The highest BCUT2D eigenvalue weighted by atomic mass is 14.3. The van der Waals surface area contributed by atoms with E-state index in [1.165, 1.54) is 11.1 Å². The van der Waals surface area contributed by atoms with Crippen LogP contribution in [0.15, 0.2) is 35.5 Å². The molecule has 0 radical (unpaired) electrons. The summed E-state index contributed by atoms with van der Waals surface area (Å²) in [6.45, 7) is 16.0. The van der Waals surface area contributed by atoms with Crippen molar-refractivity contribution in [3.63, 3.8) is 0 Å². The van der Waals surface area contributed by atoms with Gasteiger partial charge in [0.15, 0.2) is 0 Å². The van der Waals surface area contributed by atoms with Crippen LogP contribution in [-0.4, -0.2) is 0 Å². The van der Waals surface area contributed by atoms with E-state index in [1.54, 1.807) is 0 Å². The molecule has 0 aliphatic rings. The van der Waals surface area contributed by atoms with Crippen molar-refractivity contribution in [2.24, 2.45) is 11.3 Å². The minimum Gasteiger partial charge on any atom is -0.0845 e. The maximum atomic E-state index is 2.36. The van der Waals surface area contributed by atoms with Crippen LogP contribution in [0.25, 0.3) is 0 Å². The van der Waals surface area contributed by atoms with E-state index < -0.39 is 0 Å². The van der Waals surface area contributed by atoms with Gasteiger partial charge in [0.2, 0.25) is 0 Å². The fourth-order valence-corrected chi connectivity index (χ4v) is 1.94. The van der Waals surface area contributed by atoms with Crippen molar-refractivity contribution < 1.29 is 0 Å². The Morgan fingerprint density at radius 3 is 1.83 bits per heavy atom. The molecular formula is C18H32. The SMILES string of the molecule is CCC=CC(CC)=C(C=CCC)C(C)(C)C(C)C. The molecule has 18 heavy (non-hydrogen) atoms. The second-order valence-corrected chi connectivity index (χ2v) is 5.79. The average Bonchev–Trinajstić information content (AvgIpc) is 2.32. The first-order valence-electron chi connectivity index (χ1n) is 7.48. The molecule has 0 heteroatoms. The van der Waals surface area contributed by atoms with Crippen molar-refractivity contribution in [3.05, 3.63) is 35.5 Å². The van der Waals surface area contributed by atoms with E-state index in [0.717, 1.165) is 19.3 Å². The Labute approximate surface area is 115 Å². The first-order chi connectivity index (χ1) is 8.41. The molecule has 0 bridgehead atoms. The second kappa shape index (κ2) is 8.34. The molecule has 0 amide bonds. The number of rotatable bonds is 7. The van der Waals surface area contributed by atoms with E-state index in [2.05, 4.69) is 72.8 Å². The third kappa shape index (κ3) is 4.84. The smallest absolute Gasteiger partial charge is 0.00780 e. The molecule has 104 valence electrons. The molecule has 0 rings (SSSR count). The van der Waals surface area contributed by atoms with Crippen molar-refractivity contribution in [1.82, 2.24) is 0 Å². The van der Waals surface area contributed by atoms with Crippen molar-refractivity contribution in [2.45, 2.75) is 67.7 Å². The predicted molar refractivity (Wildman–Crippen MR) is 84.8 cm³/mol. The zero-order valence-corrected chi connectivity index (χ0v) is 13.5. The Balaban J connectivity index is 5.63. The van der Waals surface area contributed by atoms with Gasteiger partial charge in [-0.15, -0.1) is 0 Å². The molecule has 0 aromatic heterocycles.